The van der Waals surface area contributed by atoms with Gasteiger partial charge in [0.1, 0.15) is 5.82 Å². The molecule has 2 saturated heterocycles. The predicted octanol–water partition coefficient (Wildman–Crippen LogP) is 3.01. The van der Waals surface area contributed by atoms with Crippen LogP contribution in [0.2, 0.25) is 0 Å². The van der Waals surface area contributed by atoms with Gasteiger partial charge in [-0.15, -0.1) is 0 Å². The van der Waals surface area contributed by atoms with E-state index in [1.54, 1.807) is 0 Å². The van der Waals surface area contributed by atoms with Crippen LogP contribution >= 0.6 is 0 Å². The summed E-state index contributed by atoms with van der Waals surface area (Å²) < 4.78 is 0. The highest BCUT2D eigenvalue weighted by atomic mass is 16.2. The summed E-state index contributed by atoms with van der Waals surface area (Å²) in [6, 6.07) is 0. The molecule has 0 aromatic carbocycles. The average Bonchev–Trinajstić information content (AvgIpc) is 3.27. The Kier molecular flexibility index (Phi) is 6.06. The van der Waals surface area contributed by atoms with Gasteiger partial charge < -0.3 is 9.80 Å². The van der Waals surface area contributed by atoms with Crippen LogP contribution in [0.15, 0.2) is 0 Å². The van der Waals surface area contributed by atoms with E-state index in [0.717, 1.165) is 61.7 Å². The second kappa shape index (κ2) is 8.18. The van der Waals surface area contributed by atoms with Gasteiger partial charge in [0.25, 0.3) is 0 Å². The summed E-state index contributed by atoms with van der Waals surface area (Å²) in [6.45, 7) is 13.4. The summed E-state index contributed by atoms with van der Waals surface area (Å²) >= 11 is 0. The number of aryl methyl sites for hydroxylation is 2. The molecule has 1 atom stereocenters. The molecule has 0 spiro atoms. The Morgan fingerprint density at radius 3 is 2.14 bits per heavy atom. The van der Waals surface area contributed by atoms with Crippen LogP contribution in [0.5, 0.6) is 0 Å². The molecule has 6 nitrogen and oxygen atoms in total. The standard InChI is InChI=1S/C22H34N4O2/c1-15-18(12-19(27)25-9-6-7-10-25)16(2)24-21(23-15)17-8-11-26(14-17)20(28)13-22(3,4)5/h17H,6-14H2,1-5H3. The van der Waals surface area contributed by atoms with Crippen molar-refractivity contribution in [1.82, 2.24) is 19.8 Å². The second-order valence-corrected chi connectivity index (χ2v) is 9.56. The van der Waals surface area contributed by atoms with E-state index in [4.69, 9.17) is 9.97 Å². The molecular formula is C22H34N4O2. The van der Waals surface area contributed by atoms with Crippen molar-refractivity contribution in [2.75, 3.05) is 26.2 Å². The minimum atomic E-state index is 0.00235. The zero-order chi connectivity index (χ0) is 20.5. The molecule has 2 aliphatic rings. The van der Waals surface area contributed by atoms with E-state index >= 15 is 0 Å². The molecule has 6 heteroatoms. The summed E-state index contributed by atoms with van der Waals surface area (Å²) in [5, 5.41) is 0. The van der Waals surface area contributed by atoms with Crippen molar-refractivity contribution in [3.05, 3.63) is 22.8 Å². The number of rotatable bonds is 4. The van der Waals surface area contributed by atoms with E-state index in [-0.39, 0.29) is 23.1 Å². The summed E-state index contributed by atoms with van der Waals surface area (Å²) in [4.78, 5) is 38.4. The van der Waals surface area contributed by atoms with Gasteiger partial charge in [-0.25, -0.2) is 9.97 Å². The Morgan fingerprint density at radius 2 is 1.57 bits per heavy atom. The molecule has 0 N–H and O–H groups in total. The molecule has 3 heterocycles. The predicted molar refractivity (Wildman–Crippen MR) is 109 cm³/mol. The van der Waals surface area contributed by atoms with Crippen molar-refractivity contribution >= 4 is 11.8 Å². The molecule has 0 radical (unpaired) electrons. The van der Waals surface area contributed by atoms with Crippen molar-refractivity contribution in [1.29, 1.82) is 0 Å². The highest BCUT2D eigenvalue weighted by Crippen LogP contribution is 2.29. The maximum absolute atomic E-state index is 12.5. The lowest BCUT2D eigenvalue weighted by Gasteiger charge is -2.23. The van der Waals surface area contributed by atoms with Gasteiger partial charge in [-0.2, -0.15) is 0 Å². The van der Waals surface area contributed by atoms with Crippen LogP contribution in [0.25, 0.3) is 0 Å². The molecule has 1 aromatic heterocycles. The number of hydrogen-bond donors (Lipinski definition) is 0. The van der Waals surface area contributed by atoms with Gasteiger partial charge in [0.05, 0.1) is 6.42 Å². The van der Waals surface area contributed by atoms with Crippen LogP contribution in [0, 0.1) is 19.3 Å². The number of carbonyl (C=O) groups excluding carboxylic acids is 2. The van der Waals surface area contributed by atoms with E-state index < -0.39 is 0 Å². The molecule has 28 heavy (non-hydrogen) atoms. The van der Waals surface area contributed by atoms with Crippen LogP contribution < -0.4 is 0 Å². The van der Waals surface area contributed by atoms with Gasteiger partial charge in [0, 0.05) is 55.5 Å². The minimum absolute atomic E-state index is 0.00235. The number of hydrogen-bond acceptors (Lipinski definition) is 4. The Labute approximate surface area is 168 Å². The zero-order valence-electron chi connectivity index (χ0n) is 18.0. The van der Waals surface area contributed by atoms with Crippen LogP contribution in [0.3, 0.4) is 0 Å². The third-order valence-electron chi connectivity index (χ3n) is 5.81. The monoisotopic (exact) mass is 386 g/mol. The minimum Gasteiger partial charge on any atom is -0.342 e. The van der Waals surface area contributed by atoms with Crippen LogP contribution in [0.4, 0.5) is 0 Å². The average molecular weight is 387 g/mol. The van der Waals surface area contributed by atoms with Gasteiger partial charge in [0.2, 0.25) is 11.8 Å². The lowest BCUT2D eigenvalue weighted by atomic mass is 9.92. The largest absolute Gasteiger partial charge is 0.342 e. The van der Waals surface area contributed by atoms with Crippen LogP contribution in [0.1, 0.15) is 75.1 Å². The molecule has 154 valence electrons. The Morgan fingerprint density at radius 1 is 0.964 bits per heavy atom. The Balaban J connectivity index is 1.67. The SMILES string of the molecule is Cc1nc(C2CCN(C(=O)CC(C)(C)C)C2)nc(C)c1CC(=O)N1CCCC1. The number of aromatic nitrogens is 2. The van der Waals surface area contributed by atoms with E-state index in [1.807, 2.05) is 23.6 Å². The number of amides is 2. The third kappa shape index (κ3) is 4.89. The van der Waals surface area contributed by atoms with Crippen LogP contribution in [-0.2, 0) is 16.0 Å². The Bertz CT molecular complexity index is 724. The molecule has 1 aromatic rings. The van der Waals surface area contributed by atoms with Crippen molar-refractivity contribution in [3.8, 4) is 0 Å². The molecule has 3 rings (SSSR count). The van der Waals surface area contributed by atoms with Gasteiger partial charge >= 0.3 is 0 Å². The number of nitrogens with zero attached hydrogens (tertiary/aromatic N) is 4. The van der Waals surface area contributed by atoms with Gasteiger partial charge in [0.15, 0.2) is 0 Å². The molecular weight excluding hydrogens is 352 g/mol. The number of carbonyl (C=O) groups is 2. The third-order valence-corrected chi connectivity index (χ3v) is 5.81. The topological polar surface area (TPSA) is 66.4 Å². The summed E-state index contributed by atoms with van der Waals surface area (Å²) in [7, 11) is 0. The molecule has 1 unspecified atom stereocenters. The first-order chi connectivity index (χ1) is 13.1. The quantitative estimate of drug-likeness (QED) is 0.798. The normalized spacial score (nSPS) is 20.1. The van der Waals surface area contributed by atoms with Crippen molar-refractivity contribution in [2.24, 2.45) is 5.41 Å². The molecule has 2 fully saturated rings. The summed E-state index contributed by atoms with van der Waals surface area (Å²) in [5.74, 6) is 1.40. The van der Waals surface area contributed by atoms with E-state index in [9.17, 15) is 9.59 Å². The molecule has 0 saturated carbocycles. The lowest BCUT2D eigenvalue weighted by Crippen LogP contribution is -2.31. The second-order valence-electron chi connectivity index (χ2n) is 9.56. The molecule has 0 aliphatic carbocycles. The highest BCUT2D eigenvalue weighted by molar-refractivity contribution is 5.79. The smallest absolute Gasteiger partial charge is 0.227 e. The first-order valence-electron chi connectivity index (χ1n) is 10.5. The van der Waals surface area contributed by atoms with Gasteiger partial charge in [-0.1, -0.05) is 20.8 Å². The first kappa shape index (κ1) is 20.7. The van der Waals surface area contributed by atoms with E-state index in [0.29, 0.717) is 19.4 Å². The van der Waals surface area contributed by atoms with Crippen molar-refractivity contribution in [2.45, 2.75) is 72.6 Å². The fourth-order valence-electron chi connectivity index (χ4n) is 4.20. The molecule has 0 bridgehead atoms. The fourth-order valence-corrected chi connectivity index (χ4v) is 4.20. The van der Waals surface area contributed by atoms with Gasteiger partial charge in [-0.3, -0.25) is 9.59 Å². The van der Waals surface area contributed by atoms with E-state index in [2.05, 4.69) is 20.8 Å². The van der Waals surface area contributed by atoms with Gasteiger partial charge in [-0.05, 0) is 38.5 Å². The fraction of sp³-hybridized carbons (Fsp3) is 0.727. The van der Waals surface area contributed by atoms with Crippen LogP contribution in [-0.4, -0.2) is 57.8 Å². The van der Waals surface area contributed by atoms with E-state index in [1.165, 1.54) is 0 Å². The maximum atomic E-state index is 12.5. The highest BCUT2D eigenvalue weighted by Gasteiger charge is 2.31. The molecule has 2 aliphatic heterocycles. The molecule has 2 amide bonds. The summed E-state index contributed by atoms with van der Waals surface area (Å²) in [6.07, 6.45) is 4.06. The Hall–Kier alpha value is -1.98. The number of likely N-dealkylation sites (tertiary alicyclic amines) is 2. The maximum Gasteiger partial charge on any atom is 0.227 e. The van der Waals surface area contributed by atoms with Crippen molar-refractivity contribution in [3.63, 3.8) is 0 Å². The summed E-state index contributed by atoms with van der Waals surface area (Å²) in [5.41, 5.74) is 2.76. The lowest BCUT2D eigenvalue weighted by molar-refractivity contribution is -0.132. The first-order valence-corrected chi connectivity index (χ1v) is 10.5. The zero-order valence-corrected chi connectivity index (χ0v) is 18.0. The van der Waals surface area contributed by atoms with Crippen molar-refractivity contribution < 1.29 is 9.59 Å².